The smallest absolute Gasteiger partial charge is 0.415 e. The van der Waals surface area contributed by atoms with Gasteiger partial charge < -0.3 is 4.74 Å². The molecule has 0 fully saturated rings. The normalized spacial score (nSPS) is 10.0. The van der Waals surface area contributed by atoms with E-state index in [1.54, 1.807) is 20.9 Å². The van der Waals surface area contributed by atoms with Gasteiger partial charge in [-0.2, -0.15) is 0 Å². The van der Waals surface area contributed by atoms with E-state index < -0.39 is 6.09 Å². The number of carbonyl (C=O) groups excluding carboxylic acids is 2. The maximum atomic E-state index is 11.4. The standard InChI is InChI=1S/C10H14N2O3S/c1-5-15-10(14)12(4)9-11-6(2)8(16-9)7(3)13/h5H2,1-4H3. The second kappa shape index (κ2) is 5.07. The topological polar surface area (TPSA) is 59.5 Å². The van der Waals surface area contributed by atoms with Gasteiger partial charge in [0.1, 0.15) is 0 Å². The molecule has 1 heterocycles. The number of hydrogen-bond donors (Lipinski definition) is 0. The van der Waals surface area contributed by atoms with Crippen molar-refractivity contribution in [3.8, 4) is 0 Å². The summed E-state index contributed by atoms with van der Waals surface area (Å²) >= 11 is 1.19. The first-order valence-electron chi connectivity index (χ1n) is 4.86. The van der Waals surface area contributed by atoms with Crippen molar-refractivity contribution < 1.29 is 14.3 Å². The Labute approximate surface area is 98.0 Å². The van der Waals surface area contributed by atoms with Crippen LogP contribution in [-0.4, -0.2) is 30.5 Å². The quantitative estimate of drug-likeness (QED) is 0.763. The number of Topliss-reactive ketones (excluding diaryl/α,β-unsaturated/α-hetero) is 1. The maximum absolute atomic E-state index is 11.4. The van der Waals surface area contributed by atoms with E-state index in [4.69, 9.17) is 4.74 Å². The molecular weight excluding hydrogens is 228 g/mol. The van der Waals surface area contributed by atoms with Crippen molar-refractivity contribution in [3.63, 3.8) is 0 Å². The van der Waals surface area contributed by atoms with Gasteiger partial charge in [-0.25, -0.2) is 9.78 Å². The third-order valence-electron chi connectivity index (χ3n) is 1.93. The molecule has 0 spiro atoms. The Bertz CT molecular complexity index is 414. The summed E-state index contributed by atoms with van der Waals surface area (Å²) in [4.78, 5) is 28.7. The van der Waals surface area contributed by atoms with Crippen LogP contribution in [0.15, 0.2) is 0 Å². The summed E-state index contributed by atoms with van der Waals surface area (Å²) in [6.07, 6.45) is -0.466. The zero-order chi connectivity index (χ0) is 12.3. The van der Waals surface area contributed by atoms with Crippen molar-refractivity contribution in [2.75, 3.05) is 18.6 Å². The molecule has 16 heavy (non-hydrogen) atoms. The van der Waals surface area contributed by atoms with Crippen LogP contribution in [-0.2, 0) is 4.74 Å². The monoisotopic (exact) mass is 242 g/mol. The van der Waals surface area contributed by atoms with Crippen molar-refractivity contribution in [1.29, 1.82) is 0 Å². The number of rotatable bonds is 3. The molecule has 0 bridgehead atoms. The van der Waals surface area contributed by atoms with E-state index in [2.05, 4.69) is 4.98 Å². The van der Waals surface area contributed by atoms with Crippen molar-refractivity contribution in [2.24, 2.45) is 0 Å². The molecule has 0 aliphatic rings. The van der Waals surface area contributed by atoms with Crippen LogP contribution in [0.25, 0.3) is 0 Å². The molecule has 0 aliphatic heterocycles. The predicted molar refractivity (Wildman–Crippen MR) is 62.3 cm³/mol. The fraction of sp³-hybridized carbons (Fsp3) is 0.500. The number of ether oxygens (including phenoxy) is 1. The third-order valence-corrected chi connectivity index (χ3v) is 3.27. The molecule has 0 radical (unpaired) electrons. The van der Waals surface area contributed by atoms with Gasteiger partial charge in [-0.05, 0) is 13.8 Å². The van der Waals surface area contributed by atoms with Crippen molar-refractivity contribution in [1.82, 2.24) is 4.98 Å². The van der Waals surface area contributed by atoms with Crippen LogP contribution in [0.4, 0.5) is 9.93 Å². The molecule has 0 atom stereocenters. The molecule has 0 aliphatic carbocycles. The summed E-state index contributed by atoms with van der Waals surface area (Å²) in [5.41, 5.74) is 0.642. The van der Waals surface area contributed by atoms with Crippen LogP contribution in [0.2, 0.25) is 0 Å². The Morgan fingerprint density at radius 2 is 2.12 bits per heavy atom. The molecule has 0 N–H and O–H groups in total. The first-order valence-corrected chi connectivity index (χ1v) is 5.67. The Hall–Kier alpha value is -1.43. The van der Waals surface area contributed by atoms with Crippen molar-refractivity contribution in [2.45, 2.75) is 20.8 Å². The highest BCUT2D eigenvalue weighted by Crippen LogP contribution is 2.25. The minimum absolute atomic E-state index is 0.0430. The molecule has 1 rings (SSSR count). The van der Waals surface area contributed by atoms with E-state index in [9.17, 15) is 9.59 Å². The highest BCUT2D eigenvalue weighted by Gasteiger charge is 2.19. The van der Waals surface area contributed by atoms with E-state index in [1.165, 1.54) is 23.2 Å². The Kier molecular flexibility index (Phi) is 4.00. The minimum Gasteiger partial charge on any atom is -0.449 e. The summed E-state index contributed by atoms with van der Waals surface area (Å²) in [7, 11) is 1.57. The first kappa shape index (κ1) is 12.6. The third kappa shape index (κ3) is 2.57. The van der Waals surface area contributed by atoms with E-state index in [0.29, 0.717) is 22.3 Å². The predicted octanol–water partition coefficient (Wildman–Crippen LogP) is 2.25. The number of carbonyl (C=O) groups is 2. The number of ketones is 1. The molecule has 0 saturated heterocycles. The second-order valence-corrected chi connectivity index (χ2v) is 4.20. The van der Waals surface area contributed by atoms with E-state index in [-0.39, 0.29) is 5.78 Å². The number of amides is 1. The van der Waals surface area contributed by atoms with Crippen LogP contribution in [0.3, 0.4) is 0 Å². The summed E-state index contributed by atoms with van der Waals surface area (Å²) in [5.74, 6) is -0.0430. The number of nitrogens with zero attached hydrogens (tertiary/aromatic N) is 2. The van der Waals surface area contributed by atoms with E-state index in [1.807, 2.05) is 0 Å². The molecular formula is C10H14N2O3S. The van der Waals surface area contributed by atoms with Crippen LogP contribution >= 0.6 is 11.3 Å². The van der Waals surface area contributed by atoms with Crippen LogP contribution < -0.4 is 4.90 Å². The summed E-state index contributed by atoms with van der Waals surface area (Å²) < 4.78 is 4.84. The first-order chi connectivity index (χ1) is 7.47. The van der Waals surface area contributed by atoms with Gasteiger partial charge in [0, 0.05) is 14.0 Å². The summed E-state index contributed by atoms with van der Waals surface area (Å²) in [6, 6.07) is 0. The van der Waals surface area contributed by atoms with Gasteiger partial charge in [0.05, 0.1) is 17.2 Å². The van der Waals surface area contributed by atoms with E-state index >= 15 is 0 Å². The Morgan fingerprint density at radius 3 is 2.56 bits per heavy atom. The van der Waals surface area contributed by atoms with Crippen LogP contribution in [0, 0.1) is 6.92 Å². The number of aryl methyl sites for hydroxylation is 1. The molecule has 6 heteroatoms. The van der Waals surface area contributed by atoms with Gasteiger partial charge in [-0.1, -0.05) is 11.3 Å². The zero-order valence-electron chi connectivity index (χ0n) is 9.73. The fourth-order valence-electron chi connectivity index (χ4n) is 1.15. The van der Waals surface area contributed by atoms with Gasteiger partial charge >= 0.3 is 6.09 Å². The molecule has 1 aromatic rings. The molecule has 5 nitrogen and oxygen atoms in total. The molecule has 0 aromatic carbocycles. The largest absolute Gasteiger partial charge is 0.449 e. The van der Waals surface area contributed by atoms with Crippen molar-refractivity contribution >= 4 is 28.3 Å². The molecule has 1 amide bonds. The SMILES string of the molecule is CCOC(=O)N(C)c1nc(C)c(C(C)=O)s1. The number of anilines is 1. The lowest BCUT2D eigenvalue weighted by molar-refractivity contribution is 0.102. The number of hydrogen-bond acceptors (Lipinski definition) is 5. The van der Waals surface area contributed by atoms with Gasteiger partial charge in [0.2, 0.25) is 0 Å². The van der Waals surface area contributed by atoms with Gasteiger partial charge in [0.15, 0.2) is 10.9 Å². The Morgan fingerprint density at radius 1 is 1.50 bits per heavy atom. The van der Waals surface area contributed by atoms with Crippen LogP contribution in [0.5, 0.6) is 0 Å². The van der Waals surface area contributed by atoms with E-state index in [0.717, 1.165) is 0 Å². The lowest BCUT2D eigenvalue weighted by Crippen LogP contribution is -2.26. The van der Waals surface area contributed by atoms with Gasteiger partial charge in [-0.3, -0.25) is 9.69 Å². The number of thiazole rings is 1. The van der Waals surface area contributed by atoms with Crippen LogP contribution in [0.1, 0.15) is 29.2 Å². The molecule has 1 aromatic heterocycles. The lowest BCUT2D eigenvalue weighted by Gasteiger charge is -2.12. The van der Waals surface area contributed by atoms with Gasteiger partial charge in [0.25, 0.3) is 0 Å². The average Bonchev–Trinajstić information content (AvgIpc) is 2.59. The summed E-state index contributed by atoms with van der Waals surface area (Å²) in [5, 5.41) is 0.473. The Balaban J connectivity index is 2.92. The molecule has 0 unspecified atom stereocenters. The summed E-state index contributed by atoms with van der Waals surface area (Å²) in [6.45, 7) is 5.28. The van der Waals surface area contributed by atoms with Gasteiger partial charge in [-0.15, -0.1) is 0 Å². The molecule has 88 valence electrons. The lowest BCUT2D eigenvalue weighted by atomic mass is 10.3. The zero-order valence-corrected chi connectivity index (χ0v) is 10.6. The second-order valence-electron chi connectivity index (χ2n) is 3.23. The highest BCUT2D eigenvalue weighted by molar-refractivity contribution is 7.17. The minimum atomic E-state index is -0.466. The van der Waals surface area contributed by atoms with Crippen molar-refractivity contribution in [3.05, 3.63) is 10.6 Å². The average molecular weight is 242 g/mol. The molecule has 0 saturated carbocycles. The fourth-order valence-corrected chi connectivity index (χ4v) is 2.06. The number of aromatic nitrogens is 1. The maximum Gasteiger partial charge on any atom is 0.415 e. The highest BCUT2D eigenvalue weighted by atomic mass is 32.1.